The number of aromatic nitrogens is 2. The van der Waals surface area contributed by atoms with Crippen molar-refractivity contribution in [2.24, 2.45) is 4.99 Å². The highest BCUT2D eigenvalue weighted by atomic mass is 16.5. The highest BCUT2D eigenvalue weighted by Gasteiger charge is 2.05. The van der Waals surface area contributed by atoms with Gasteiger partial charge in [-0.3, -0.25) is 4.99 Å². The number of hydrogen-bond acceptors (Lipinski definition) is 3. The third-order valence-electron chi connectivity index (χ3n) is 3.75. The molecular weight excluding hydrogens is 302 g/mol. The molecule has 2 rings (SSSR count). The van der Waals surface area contributed by atoms with Crippen LogP contribution in [0.1, 0.15) is 23.9 Å². The Kier molecular flexibility index (Phi) is 6.81. The normalized spacial score (nSPS) is 12.9. The summed E-state index contributed by atoms with van der Waals surface area (Å²) >= 11 is 0. The summed E-state index contributed by atoms with van der Waals surface area (Å²) in [6.45, 7) is 6.26. The smallest absolute Gasteiger partial charge is 0.191 e. The molecule has 0 aliphatic rings. The molecule has 0 fully saturated rings. The van der Waals surface area contributed by atoms with Crippen LogP contribution in [0.25, 0.3) is 0 Å². The molecule has 1 aromatic heterocycles. The van der Waals surface area contributed by atoms with E-state index in [4.69, 9.17) is 4.74 Å². The lowest BCUT2D eigenvalue weighted by molar-refractivity contribution is 0.179. The third kappa shape index (κ3) is 5.38. The fraction of sp³-hybridized carbons (Fsp3) is 0.444. The minimum Gasteiger partial charge on any atom is -0.383 e. The Hall–Kier alpha value is -2.34. The zero-order valence-electron chi connectivity index (χ0n) is 14.9. The standard InChI is InChI=1S/C18H27N5O/c1-14(13-24-4)22-18(19-3)21-11-16-6-5-7-17(10-16)12-23-9-8-20-15(23)2/h5-10,14H,11-13H2,1-4H3,(H2,19,21,22). The quantitative estimate of drug-likeness (QED) is 0.602. The zero-order chi connectivity index (χ0) is 17.4. The van der Waals surface area contributed by atoms with Crippen LogP contribution in [0.15, 0.2) is 41.7 Å². The van der Waals surface area contributed by atoms with Crippen LogP contribution in [0, 0.1) is 6.92 Å². The second-order valence-electron chi connectivity index (χ2n) is 5.85. The first kappa shape index (κ1) is 18.0. The topological polar surface area (TPSA) is 63.5 Å². The summed E-state index contributed by atoms with van der Waals surface area (Å²) in [5.74, 6) is 1.80. The molecule has 0 amide bonds. The molecule has 6 nitrogen and oxygen atoms in total. The minimum atomic E-state index is 0.205. The number of nitrogens with zero attached hydrogens (tertiary/aromatic N) is 3. The predicted molar refractivity (Wildman–Crippen MR) is 97.2 cm³/mol. The van der Waals surface area contributed by atoms with Crippen molar-refractivity contribution >= 4 is 5.96 Å². The van der Waals surface area contributed by atoms with Crippen LogP contribution in [-0.4, -0.2) is 42.3 Å². The number of methoxy groups -OCH3 is 1. The Morgan fingerprint density at radius 2 is 2.17 bits per heavy atom. The zero-order valence-corrected chi connectivity index (χ0v) is 14.9. The van der Waals surface area contributed by atoms with Gasteiger partial charge in [0.25, 0.3) is 0 Å². The highest BCUT2D eigenvalue weighted by Crippen LogP contribution is 2.08. The number of aryl methyl sites for hydroxylation is 1. The van der Waals surface area contributed by atoms with E-state index in [1.54, 1.807) is 14.2 Å². The Morgan fingerprint density at radius 1 is 1.38 bits per heavy atom. The maximum Gasteiger partial charge on any atom is 0.191 e. The molecule has 0 aliphatic carbocycles. The number of ether oxygens (including phenoxy) is 1. The van der Waals surface area contributed by atoms with Crippen molar-refractivity contribution in [1.82, 2.24) is 20.2 Å². The lowest BCUT2D eigenvalue weighted by atomic mass is 10.1. The van der Waals surface area contributed by atoms with Gasteiger partial charge in [-0.05, 0) is 25.0 Å². The molecule has 6 heteroatoms. The molecule has 2 aromatic rings. The van der Waals surface area contributed by atoms with Gasteiger partial charge in [0.05, 0.1) is 6.61 Å². The van der Waals surface area contributed by atoms with E-state index < -0.39 is 0 Å². The summed E-state index contributed by atoms with van der Waals surface area (Å²) in [6.07, 6.45) is 3.83. The van der Waals surface area contributed by atoms with E-state index in [1.807, 2.05) is 19.3 Å². The van der Waals surface area contributed by atoms with Gasteiger partial charge in [0.1, 0.15) is 5.82 Å². The van der Waals surface area contributed by atoms with Gasteiger partial charge in [-0.25, -0.2) is 4.98 Å². The molecule has 0 aliphatic heterocycles. The van der Waals surface area contributed by atoms with Gasteiger partial charge in [0.15, 0.2) is 5.96 Å². The highest BCUT2D eigenvalue weighted by molar-refractivity contribution is 5.79. The Balaban J connectivity index is 1.93. The molecule has 1 atom stereocenters. The number of guanidine groups is 1. The average molecular weight is 329 g/mol. The van der Waals surface area contributed by atoms with Crippen LogP contribution < -0.4 is 10.6 Å². The molecule has 24 heavy (non-hydrogen) atoms. The van der Waals surface area contributed by atoms with Crippen LogP contribution >= 0.6 is 0 Å². The van der Waals surface area contributed by atoms with Crippen molar-refractivity contribution in [1.29, 1.82) is 0 Å². The van der Waals surface area contributed by atoms with Gasteiger partial charge in [0, 0.05) is 45.7 Å². The minimum absolute atomic E-state index is 0.205. The Labute approximate surface area is 144 Å². The van der Waals surface area contributed by atoms with Crippen molar-refractivity contribution < 1.29 is 4.74 Å². The number of aliphatic imine (C=N–C) groups is 1. The van der Waals surface area contributed by atoms with Crippen molar-refractivity contribution in [2.45, 2.75) is 33.0 Å². The van der Waals surface area contributed by atoms with Crippen LogP contribution in [0.4, 0.5) is 0 Å². The number of rotatable bonds is 7. The summed E-state index contributed by atoms with van der Waals surface area (Å²) in [5.41, 5.74) is 2.47. The van der Waals surface area contributed by atoms with Crippen LogP contribution in [0.3, 0.4) is 0 Å². The molecule has 2 N–H and O–H groups in total. The van der Waals surface area contributed by atoms with Gasteiger partial charge in [-0.1, -0.05) is 24.3 Å². The predicted octanol–water partition coefficient (Wildman–Crippen LogP) is 1.94. The summed E-state index contributed by atoms with van der Waals surface area (Å²) in [7, 11) is 3.47. The SMILES string of the molecule is CN=C(NCc1cccc(Cn2ccnc2C)c1)NC(C)COC. The molecule has 0 spiro atoms. The molecule has 0 radical (unpaired) electrons. The summed E-state index contributed by atoms with van der Waals surface area (Å²) in [6, 6.07) is 8.75. The van der Waals surface area contributed by atoms with Gasteiger partial charge >= 0.3 is 0 Å². The first-order valence-corrected chi connectivity index (χ1v) is 8.14. The molecule has 130 valence electrons. The van der Waals surface area contributed by atoms with Crippen molar-refractivity contribution in [2.75, 3.05) is 20.8 Å². The van der Waals surface area contributed by atoms with E-state index in [0.717, 1.165) is 24.9 Å². The van der Waals surface area contributed by atoms with Gasteiger partial charge < -0.3 is 19.9 Å². The first-order valence-electron chi connectivity index (χ1n) is 8.14. The van der Waals surface area contributed by atoms with Crippen molar-refractivity contribution in [3.8, 4) is 0 Å². The van der Waals surface area contributed by atoms with Crippen LogP contribution in [0.5, 0.6) is 0 Å². The Morgan fingerprint density at radius 3 is 2.83 bits per heavy atom. The number of benzene rings is 1. The lowest BCUT2D eigenvalue weighted by Crippen LogP contribution is -2.43. The molecule has 0 saturated carbocycles. The maximum atomic E-state index is 5.13. The second-order valence-corrected chi connectivity index (χ2v) is 5.85. The van der Waals surface area contributed by atoms with E-state index >= 15 is 0 Å². The summed E-state index contributed by atoms with van der Waals surface area (Å²) in [4.78, 5) is 8.51. The summed E-state index contributed by atoms with van der Waals surface area (Å²) in [5, 5.41) is 6.63. The molecule has 1 aromatic carbocycles. The number of nitrogens with one attached hydrogen (secondary N) is 2. The van der Waals surface area contributed by atoms with E-state index in [0.29, 0.717) is 6.61 Å². The molecule has 0 saturated heterocycles. The lowest BCUT2D eigenvalue weighted by Gasteiger charge is -2.17. The monoisotopic (exact) mass is 329 g/mol. The molecule has 0 bridgehead atoms. The number of imidazole rings is 1. The second kappa shape index (κ2) is 9.08. The molecule has 1 heterocycles. The largest absolute Gasteiger partial charge is 0.383 e. The van der Waals surface area contributed by atoms with Crippen LogP contribution in [0.2, 0.25) is 0 Å². The Bertz CT molecular complexity index is 665. The molecule has 1 unspecified atom stereocenters. The fourth-order valence-electron chi connectivity index (χ4n) is 2.51. The molecular formula is C18H27N5O. The summed E-state index contributed by atoms with van der Waals surface area (Å²) < 4.78 is 7.27. The van der Waals surface area contributed by atoms with Gasteiger partial charge in [-0.2, -0.15) is 0 Å². The maximum absolute atomic E-state index is 5.13. The third-order valence-corrected chi connectivity index (χ3v) is 3.75. The fourth-order valence-corrected chi connectivity index (χ4v) is 2.51. The van der Waals surface area contributed by atoms with Gasteiger partial charge in [0.2, 0.25) is 0 Å². The van der Waals surface area contributed by atoms with Crippen molar-refractivity contribution in [3.63, 3.8) is 0 Å². The van der Waals surface area contributed by atoms with Crippen molar-refractivity contribution in [3.05, 3.63) is 53.6 Å². The average Bonchev–Trinajstić information content (AvgIpc) is 2.97. The van der Waals surface area contributed by atoms with E-state index in [1.165, 1.54) is 11.1 Å². The number of hydrogen-bond donors (Lipinski definition) is 2. The van der Waals surface area contributed by atoms with Gasteiger partial charge in [-0.15, -0.1) is 0 Å². The van der Waals surface area contributed by atoms with E-state index in [2.05, 4.69) is 56.4 Å². The first-order chi connectivity index (χ1) is 11.6. The van der Waals surface area contributed by atoms with E-state index in [9.17, 15) is 0 Å². The van der Waals surface area contributed by atoms with E-state index in [-0.39, 0.29) is 6.04 Å². The van der Waals surface area contributed by atoms with Crippen LogP contribution in [-0.2, 0) is 17.8 Å².